The lowest BCUT2D eigenvalue weighted by atomic mass is 9.82. The summed E-state index contributed by atoms with van der Waals surface area (Å²) in [7, 11) is 2.00. The number of aryl methyl sites for hydroxylation is 1. The Morgan fingerprint density at radius 1 is 1.33 bits per heavy atom. The van der Waals surface area contributed by atoms with Crippen LogP contribution in [0.3, 0.4) is 0 Å². The van der Waals surface area contributed by atoms with Crippen LogP contribution in [0, 0.1) is 6.92 Å². The number of nitrogens with zero attached hydrogens (tertiary/aromatic N) is 1. The first kappa shape index (κ1) is 16.2. The van der Waals surface area contributed by atoms with Gasteiger partial charge in [-0.3, -0.25) is 0 Å². The molecule has 21 heavy (non-hydrogen) atoms. The van der Waals surface area contributed by atoms with Gasteiger partial charge in [-0.1, -0.05) is 25.7 Å². The highest BCUT2D eigenvalue weighted by Crippen LogP contribution is 2.41. The fourth-order valence-corrected chi connectivity index (χ4v) is 3.67. The summed E-state index contributed by atoms with van der Waals surface area (Å²) < 4.78 is 6.31. The van der Waals surface area contributed by atoms with E-state index in [4.69, 9.17) is 10.5 Å². The van der Waals surface area contributed by atoms with Gasteiger partial charge in [0, 0.05) is 18.4 Å². The van der Waals surface area contributed by atoms with Gasteiger partial charge in [0.1, 0.15) is 5.82 Å². The molecule has 0 bridgehead atoms. The van der Waals surface area contributed by atoms with Crippen molar-refractivity contribution in [1.29, 1.82) is 0 Å². The lowest BCUT2D eigenvalue weighted by Gasteiger charge is -2.40. The van der Waals surface area contributed by atoms with Crippen molar-refractivity contribution in [1.82, 2.24) is 10.3 Å². The zero-order valence-corrected chi connectivity index (χ0v) is 13.6. The van der Waals surface area contributed by atoms with Gasteiger partial charge in [-0.2, -0.15) is 0 Å². The number of anilines is 1. The van der Waals surface area contributed by atoms with Gasteiger partial charge in [-0.15, -0.1) is 0 Å². The molecule has 2 rings (SSSR count). The maximum absolute atomic E-state index is 6.31. The Hall–Kier alpha value is -1.13. The summed E-state index contributed by atoms with van der Waals surface area (Å²) in [5.41, 5.74) is 8.21. The number of hydrogen-bond acceptors (Lipinski definition) is 4. The largest absolute Gasteiger partial charge is 0.383 e. The number of pyridine rings is 1. The standard InChI is InChI=1S/C17H29N3O/c1-4-21-17(9-7-5-6-8-10-17)15(19-3)14-11-13(2)12-20-16(14)18/h11-12,15,19H,4-10H2,1-3H3,(H2,18,20). The van der Waals surface area contributed by atoms with E-state index in [1.54, 1.807) is 0 Å². The van der Waals surface area contributed by atoms with Gasteiger partial charge in [0.25, 0.3) is 0 Å². The van der Waals surface area contributed by atoms with Crippen molar-refractivity contribution in [3.63, 3.8) is 0 Å². The topological polar surface area (TPSA) is 60.2 Å². The van der Waals surface area contributed by atoms with Gasteiger partial charge in [-0.25, -0.2) is 4.98 Å². The molecule has 1 aliphatic rings. The van der Waals surface area contributed by atoms with E-state index < -0.39 is 0 Å². The van der Waals surface area contributed by atoms with Crippen LogP contribution in [-0.4, -0.2) is 24.2 Å². The SMILES string of the molecule is CCOC1(C(NC)c2cc(C)cnc2N)CCCCCC1. The Morgan fingerprint density at radius 3 is 2.57 bits per heavy atom. The number of likely N-dealkylation sites (N-methyl/N-ethyl adjacent to an activating group) is 1. The molecular weight excluding hydrogens is 262 g/mol. The summed E-state index contributed by atoms with van der Waals surface area (Å²) in [5, 5.41) is 3.46. The van der Waals surface area contributed by atoms with Crippen LogP contribution in [0.2, 0.25) is 0 Å². The molecule has 1 aromatic heterocycles. The number of aromatic nitrogens is 1. The lowest BCUT2D eigenvalue weighted by Crippen LogP contribution is -2.45. The third kappa shape index (κ3) is 3.55. The molecule has 118 valence electrons. The van der Waals surface area contributed by atoms with E-state index in [2.05, 4.69) is 30.2 Å². The van der Waals surface area contributed by atoms with E-state index in [1.807, 2.05) is 13.2 Å². The summed E-state index contributed by atoms with van der Waals surface area (Å²) in [6.45, 7) is 4.87. The molecule has 1 unspecified atom stereocenters. The Balaban J connectivity index is 2.41. The number of nitrogens with one attached hydrogen (secondary N) is 1. The van der Waals surface area contributed by atoms with Crippen molar-refractivity contribution in [3.05, 3.63) is 23.4 Å². The molecule has 4 nitrogen and oxygen atoms in total. The van der Waals surface area contributed by atoms with Crippen molar-refractivity contribution in [3.8, 4) is 0 Å². The summed E-state index contributed by atoms with van der Waals surface area (Å²) in [4.78, 5) is 4.34. The van der Waals surface area contributed by atoms with Crippen LogP contribution in [0.1, 0.15) is 62.6 Å². The smallest absolute Gasteiger partial charge is 0.128 e. The molecule has 3 N–H and O–H groups in total. The van der Waals surface area contributed by atoms with Crippen LogP contribution in [0.4, 0.5) is 5.82 Å². The second kappa shape index (κ2) is 7.23. The minimum atomic E-state index is -0.163. The molecule has 0 spiro atoms. The first-order chi connectivity index (χ1) is 10.1. The van der Waals surface area contributed by atoms with Gasteiger partial charge in [-0.05, 0) is 45.4 Å². The Bertz CT molecular complexity index is 453. The second-order valence-corrected chi connectivity index (χ2v) is 6.12. The maximum atomic E-state index is 6.31. The van der Waals surface area contributed by atoms with Crippen LogP contribution in [0.25, 0.3) is 0 Å². The van der Waals surface area contributed by atoms with Gasteiger partial charge in [0.05, 0.1) is 11.6 Å². The first-order valence-electron chi connectivity index (χ1n) is 8.16. The van der Waals surface area contributed by atoms with E-state index >= 15 is 0 Å². The fraction of sp³-hybridized carbons (Fsp3) is 0.706. The van der Waals surface area contributed by atoms with Gasteiger partial charge < -0.3 is 15.8 Å². The molecule has 1 saturated carbocycles. The lowest BCUT2D eigenvalue weighted by molar-refractivity contribution is -0.0766. The molecule has 0 amide bonds. The molecule has 1 aromatic rings. The highest BCUT2D eigenvalue weighted by Gasteiger charge is 2.41. The number of ether oxygens (including phenoxy) is 1. The molecule has 1 atom stereocenters. The van der Waals surface area contributed by atoms with Gasteiger partial charge >= 0.3 is 0 Å². The molecule has 0 saturated heterocycles. The highest BCUT2D eigenvalue weighted by atomic mass is 16.5. The molecule has 4 heteroatoms. The molecule has 1 aliphatic carbocycles. The average Bonchev–Trinajstić information content (AvgIpc) is 2.70. The van der Waals surface area contributed by atoms with E-state index in [0.29, 0.717) is 5.82 Å². The summed E-state index contributed by atoms with van der Waals surface area (Å²) in [6, 6.07) is 2.25. The number of nitrogen functional groups attached to an aromatic ring is 1. The van der Waals surface area contributed by atoms with Crippen LogP contribution < -0.4 is 11.1 Å². The molecule has 0 aliphatic heterocycles. The van der Waals surface area contributed by atoms with Crippen LogP contribution in [-0.2, 0) is 4.74 Å². The molecule has 0 radical (unpaired) electrons. The molecule has 0 aromatic carbocycles. The number of hydrogen-bond donors (Lipinski definition) is 2. The molecule has 1 fully saturated rings. The Kier molecular flexibility index (Phi) is 5.59. The first-order valence-corrected chi connectivity index (χ1v) is 8.16. The third-order valence-electron chi connectivity index (χ3n) is 4.59. The van der Waals surface area contributed by atoms with Crippen molar-refractivity contribution in [2.45, 2.75) is 64.0 Å². The predicted octanol–water partition coefficient (Wildman–Crippen LogP) is 3.36. The average molecular weight is 291 g/mol. The van der Waals surface area contributed by atoms with Crippen molar-refractivity contribution in [2.75, 3.05) is 19.4 Å². The van der Waals surface area contributed by atoms with Crippen LogP contribution in [0.5, 0.6) is 0 Å². The third-order valence-corrected chi connectivity index (χ3v) is 4.59. The summed E-state index contributed by atoms with van der Waals surface area (Å²) in [5.74, 6) is 0.614. The van der Waals surface area contributed by atoms with Crippen LogP contribution >= 0.6 is 0 Å². The Morgan fingerprint density at radius 2 is 2.00 bits per heavy atom. The zero-order chi connectivity index (χ0) is 15.3. The van der Waals surface area contributed by atoms with Gasteiger partial charge in [0.15, 0.2) is 0 Å². The van der Waals surface area contributed by atoms with Crippen molar-refractivity contribution >= 4 is 5.82 Å². The molecule has 1 heterocycles. The minimum Gasteiger partial charge on any atom is -0.383 e. The van der Waals surface area contributed by atoms with Crippen molar-refractivity contribution < 1.29 is 4.74 Å². The normalized spacial score (nSPS) is 20.0. The zero-order valence-electron chi connectivity index (χ0n) is 13.6. The van der Waals surface area contributed by atoms with E-state index in [-0.39, 0.29) is 11.6 Å². The van der Waals surface area contributed by atoms with E-state index in [1.165, 1.54) is 25.7 Å². The summed E-state index contributed by atoms with van der Waals surface area (Å²) >= 11 is 0. The number of rotatable bonds is 5. The monoisotopic (exact) mass is 291 g/mol. The summed E-state index contributed by atoms with van der Waals surface area (Å²) in [6.07, 6.45) is 9.03. The maximum Gasteiger partial charge on any atom is 0.128 e. The second-order valence-electron chi connectivity index (χ2n) is 6.12. The quantitative estimate of drug-likeness (QED) is 0.817. The highest BCUT2D eigenvalue weighted by molar-refractivity contribution is 5.44. The van der Waals surface area contributed by atoms with E-state index in [0.717, 1.165) is 30.6 Å². The van der Waals surface area contributed by atoms with Crippen molar-refractivity contribution in [2.24, 2.45) is 0 Å². The predicted molar refractivity (Wildman–Crippen MR) is 87.2 cm³/mol. The molecular formula is C17H29N3O. The fourth-order valence-electron chi connectivity index (χ4n) is 3.67. The minimum absolute atomic E-state index is 0.1000. The van der Waals surface area contributed by atoms with Gasteiger partial charge in [0.2, 0.25) is 0 Å². The van der Waals surface area contributed by atoms with E-state index in [9.17, 15) is 0 Å². The Labute approximate surface area is 128 Å². The number of nitrogens with two attached hydrogens (primary N) is 1. The van der Waals surface area contributed by atoms with Crippen LogP contribution in [0.15, 0.2) is 12.3 Å².